The Bertz CT molecular complexity index is 357. The molecule has 0 aliphatic rings. The van der Waals surface area contributed by atoms with Crippen molar-refractivity contribution in [2.45, 2.75) is 45.3 Å². The van der Waals surface area contributed by atoms with Crippen LogP contribution in [0.5, 0.6) is 0 Å². The molecule has 1 heterocycles. The van der Waals surface area contributed by atoms with Gasteiger partial charge in [0.05, 0.1) is 6.20 Å². The third-order valence-corrected chi connectivity index (χ3v) is 2.06. The molecule has 1 amide bonds. The first-order chi connectivity index (χ1) is 8.38. The van der Waals surface area contributed by atoms with Crippen LogP contribution in [0.3, 0.4) is 0 Å². The van der Waals surface area contributed by atoms with Crippen molar-refractivity contribution in [1.82, 2.24) is 10.3 Å². The Morgan fingerprint density at radius 3 is 2.89 bits per heavy atom. The Balaban J connectivity index is 2.14. The molecule has 1 rings (SSSR count). The number of carbonyl (C=O) groups excluding carboxylic acids is 1. The van der Waals surface area contributed by atoms with E-state index in [1.807, 2.05) is 0 Å². The topological polar surface area (TPSA) is 84.6 Å². The number of hydrogen-bond acceptors (Lipinski definition) is 5. The first-order valence-electron chi connectivity index (χ1n) is 5.93. The van der Waals surface area contributed by atoms with E-state index in [1.165, 1.54) is 12.5 Å². The SMILES string of the molecule is CC(C)(C)OC(=O)NCCC[C@H](O)c1ncco1. The maximum Gasteiger partial charge on any atom is 0.407 e. The predicted octanol–water partition coefficient (Wildman–Crippen LogP) is 2.01. The summed E-state index contributed by atoms with van der Waals surface area (Å²) in [5.41, 5.74) is -0.498. The Morgan fingerprint density at radius 2 is 2.33 bits per heavy atom. The number of nitrogens with one attached hydrogen (secondary N) is 1. The molecule has 0 saturated carbocycles. The fourth-order valence-electron chi connectivity index (χ4n) is 1.32. The quantitative estimate of drug-likeness (QED) is 0.787. The average molecular weight is 256 g/mol. The number of nitrogens with zero attached hydrogens (tertiary/aromatic N) is 1. The smallest absolute Gasteiger partial charge is 0.407 e. The minimum absolute atomic E-state index is 0.298. The van der Waals surface area contributed by atoms with Gasteiger partial charge in [0.1, 0.15) is 18.0 Å². The van der Waals surface area contributed by atoms with Gasteiger partial charge in [-0.1, -0.05) is 0 Å². The van der Waals surface area contributed by atoms with Crippen LogP contribution in [0.2, 0.25) is 0 Å². The van der Waals surface area contributed by atoms with Crippen LogP contribution in [0, 0.1) is 0 Å². The summed E-state index contributed by atoms with van der Waals surface area (Å²) in [5, 5.41) is 12.3. The fourth-order valence-corrected chi connectivity index (χ4v) is 1.32. The van der Waals surface area contributed by atoms with Crippen molar-refractivity contribution < 1.29 is 19.1 Å². The molecule has 0 saturated heterocycles. The van der Waals surface area contributed by atoms with Gasteiger partial charge < -0.3 is 19.6 Å². The van der Waals surface area contributed by atoms with Crippen molar-refractivity contribution in [3.05, 3.63) is 18.4 Å². The number of amides is 1. The van der Waals surface area contributed by atoms with E-state index in [4.69, 9.17) is 9.15 Å². The van der Waals surface area contributed by atoms with Crippen molar-refractivity contribution >= 4 is 6.09 Å². The lowest BCUT2D eigenvalue weighted by molar-refractivity contribution is 0.0522. The van der Waals surface area contributed by atoms with Crippen molar-refractivity contribution in [2.75, 3.05) is 6.54 Å². The first kappa shape index (κ1) is 14.5. The van der Waals surface area contributed by atoms with Crippen LogP contribution in [0.25, 0.3) is 0 Å². The lowest BCUT2D eigenvalue weighted by atomic mass is 10.2. The van der Waals surface area contributed by atoms with E-state index in [9.17, 15) is 9.90 Å². The standard InChI is InChI=1S/C12H20N2O4/c1-12(2,3)18-11(16)14-6-4-5-9(15)10-13-7-8-17-10/h7-9,15H,4-6H2,1-3H3,(H,14,16)/t9-/m0/s1. The number of oxazole rings is 1. The zero-order valence-corrected chi connectivity index (χ0v) is 11.0. The minimum atomic E-state index is -0.736. The number of hydrogen-bond donors (Lipinski definition) is 2. The zero-order valence-electron chi connectivity index (χ0n) is 11.0. The van der Waals surface area contributed by atoms with Crippen molar-refractivity contribution in [3.63, 3.8) is 0 Å². The highest BCUT2D eigenvalue weighted by Crippen LogP contribution is 2.15. The van der Waals surface area contributed by atoms with E-state index in [0.29, 0.717) is 25.3 Å². The molecular formula is C12H20N2O4. The lowest BCUT2D eigenvalue weighted by Gasteiger charge is -2.19. The van der Waals surface area contributed by atoms with Crippen LogP contribution in [-0.4, -0.2) is 28.3 Å². The highest BCUT2D eigenvalue weighted by molar-refractivity contribution is 5.67. The molecule has 0 spiro atoms. The first-order valence-corrected chi connectivity index (χ1v) is 5.93. The number of rotatable bonds is 5. The second kappa shape index (κ2) is 6.39. The molecule has 0 aliphatic carbocycles. The van der Waals surface area contributed by atoms with Crippen LogP contribution >= 0.6 is 0 Å². The van der Waals surface area contributed by atoms with Gasteiger partial charge in [-0.3, -0.25) is 0 Å². The molecule has 18 heavy (non-hydrogen) atoms. The molecule has 6 nitrogen and oxygen atoms in total. The number of ether oxygens (including phenoxy) is 1. The molecule has 0 aliphatic heterocycles. The molecule has 0 radical (unpaired) electrons. The molecule has 1 aromatic rings. The van der Waals surface area contributed by atoms with Gasteiger partial charge in [-0.15, -0.1) is 0 Å². The third kappa shape index (κ3) is 5.67. The molecule has 2 N–H and O–H groups in total. The molecule has 0 unspecified atom stereocenters. The normalized spacial score (nSPS) is 13.1. The van der Waals surface area contributed by atoms with Gasteiger partial charge in [0.15, 0.2) is 0 Å². The number of aliphatic hydroxyl groups excluding tert-OH is 1. The van der Waals surface area contributed by atoms with Gasteiger partial charge in [-0.05, 0) is 33.6 Å². The van der Waals surface area contributed by atoms with Crippen molar-refractivity contribution in [2.24, 2.45) is 0 Å². The molecule has 1 atom stereocenters. The summed E-state index contributed by atoms with van der Waals surface area (Å²) in [4.78, 5) is 15.2. The van der Waals surface area contributed by atoms with Crippen LogP contribution < -0.4 is 5.32 Å². The van der Waals surface area contributed by atoms with Gasteiger partial charge in [-0.25, -0.2) is 9.78 Å². The number of aliphatic hydroxyl groups is 1. The van der Waals surface area contributed by atoms with Gasteiger partial charge in [0, 0.05) is 6.54 Å². The highest BCUT2D eigenvalue weighted by atomic mass is 16.6. The monoisotopic (exact) mass is 256 g/mol. The van der Waals surface area contributed by atoms with Crippen molar-refractivity contribution in [1.29, 1.82) is 0 Å². The Labute approximate surface area is 106 Å². The maximum absolute atomic E-state index is 11.3. The minimum Gasteiger partial charge on any atom is -0.446 e. The van der Waals surface area contributed by atoms with Crippen molar-refractivity contribution in [3.8, 4) is 0 Å². The van der Waals surface area contributed by atoms with Gasteiger partial charge in [0.2, 0.25) is 5.89 Å². The summed E-state index contributed by atoms with van der Waals surface area (Å²) in [6.07, 6.45) is 2.79. The highest BCUT2D eigenvalue weighted by Gasteiger charge is 2.16. The van der Waals surface area contributed by atoms with Gasteiger partial charge in [-0.2, -0.15) is 0 Å². The van der Waals surface area contributed by atoms with Crippen LogP contribution in [-0.2, 0) is 4.74 Å². The average Bonchev–Trinajstić information content (AvgIpc) is 2.74. The number of alkyl carbamates (subject to hydrolysis) is 1. The summed E-state index contributed by atoms with van der Waals surface area (Å²) >= 11 is 0. The summed E-state index contributed by atoms with van der Waals surface area (Å²) in [7, 11) is 0. The molecule has 0 bridgehead atoms. The van der Waals surface area contributed by atoms with E-state index >= 15 is 0 Å². The maximum atomic E-state index is 11.3. The summed E-state index contributed by atoms with van der Waals surface area (Å²) in [6.45, 7) is 5.85. The fraction of sp³-hybridized carbons (Fsp3) is 0.667. The van der Waals surface area contributed by atoms with E-state index in [0.717, 1.165) is 0 Å². The Kier molecular flexibility index (Phi) is 5.15. The number of carbonyl (C=O) groups is 1. The van der Waals surface area contributed by atoms with Gasteiger partial charge >= 0.3 is 6.09 Å². The largest absolute Gasteiger partial charge is 0.446 e. The van der Waals surface area contributed by atoms with Crippen LogP contribution in [0.4, 0.5) is 4.79 Å². The zero-order chi connectivity index (χ0) is 13.6. The molecule has 102 valence electrons. The summed E-state index contributed by atoms with van der Waals surface area (Å²) in [6, 6.07) is 0. The molecule has 1 aromatic heterocycles. The molecule has 0 aromatic carbocycles. The Hall–Kier alpha value is -1.56. The molecule has 6 heteroatoms. The summed E-state index contributed by atoms with van der Waals surface area (Å²) < 4.78 is 10.0. The Morgan fingerprint density at radius 1 is 1.61 bits per heavy atom. The number of aromatic nitrogens is 1. The molecular weight excluding hydrogens is 236 g/mol. The second-order valence-corrected chi connectivity index (χ2v) is 4.96. The van der Waals surface area contributed by atoms with E-state index in [1.54, 1.807) is 20.8 Å². The van der Waals surface area contributed by atoms with Crippen LogP contribution in [0.1, 0.15) is 45.6 Å². The lowest BCUT2D eigenvalue weighted by Crippen LogP contribution is -2.33. The summed E-state index contributed by atoms with van der Waals surface area (Å²) in [5.74, 6) is 0.298. The van der Waals surface area contributed by atoms with E-state index in [2.05, 4.69) is 10.3 Å². The predicted molar refractivity (Wildman–Crippen MR) is 64.9 cm³/mol. The molecule has 0 fully saturated rings. The van der Waals surface area contributed by atoms with Gasteiger partial charge in [0.25, 0.3) is 0 Å². The van der Waals surface area contributed by atoms with E-state index < -0.39 is 17.8 Å². The third-order valence-electron chi connectivity index (χ3n) is 2.06. The van der Waals surface area contributed by atoms with E-state index in [-0.39, 0.29) is 0 Å². The van der Waals surface area contributed by atoms with Crippen LogP contribution in [0.15, 0.2) is 16.9 Å². The second-order valence-electron chi connectivity index (χ2n) is 4.96.